The fourth-order valence-corrected chi connectivity index (χ4v) is 5.91. The lowest BCUT2D eigenvalue weighted by Gasteiger charge is -2.30. The number of amidine groups is 1. The number of hydrogen-bond acceptors (Lipinski definition) is 9. The summed E-state index contributed by atoms with van der Waals surface area (Å²) in [7, 11) is 1.53. The Morgan fingerprint density at radius 3 is 2.50 bits per heavy atom. The lowest BCUT2D eigenvalue weighted by molar-refractivity contribution is -0.169. The highest BCUT2D eigenvalue weighted by Crippen LogP contribution is 2.49. The number of likely N-dealkylation sites (tertiary alicyclic amines) is 1. The summed E-state index contributed by atoms with van der Waals surface area (Å²) in [5.41, 5.74) is 1.28. The van der Waals surface area contributed by atoms with Gasteiger partial charge in [-0.25, -0.2) is 9.97 Å². The van der Waals surface area contributed by atoms with Crippen LogP contribution in [0.2, 0.25) is 0 Å². The van der Waals surface area contributed by atoms with Crippen LogP contribution in [-0.4, -0.2) is 92.3 Å². The van der Waals surface area contributed by atoms with E-state index in [0.717, 1.165) is 10.6 Å². The van der Waals surface area contributed by atoms with Gasteiger partial charge in [0.2, 0.25) is 0 Å². The number of benzene rings is 1. The summed E-state index contributed by atoms with van der Waals surface area (Å²) in [6.45, 7) is 4.78. The smallest absolute Gasteiger partial charge is 0.408 e. The van der Waals surface area contributed by atoms with Crippen LogP contribution in [0.1, 0.15) is 38.1 Å². The molecule has 0 saturated carbocycles. The van der Waals surface area contributed by atoms with E-state index < -0.39 is 43.0 Å². The third kappa shape index (κ3) is 6.69. The molecule has 16 heteroatoms. The van der Waals surface area contributed by atoms with Crippen LogP contribution in [-0.2, 0) is 21.5 Å². The van der Waals surface area contributed by atoms with Gasteiger partial charge in [0, 0.05) is 48.9 Å². The number of hydrogen-bond donors (Lipinski definition) is 2. The lowest BCUT2D eigenvalue weighted by Crippen LogP contribution is -2.45. The Kier molecular flexibility index (Phi) is 8.66. The van der Waals surface area contributed by atoms with Crippen molar-refractivity contribution < 1.29 is 40.6 Å². The number of alkyl halides is 6. The maximum atomic E-state index is 13.4. The number of nitrogens with one attached hydrogen (secondary N) is 2. The molecule has 2 fully saturated rings. The normalized spacial score (nSPS) is 20.1. The highest BCUT2D eigenvalue weighted by Gasteiger charge is 2.47. The molecule has 0 radical (unpaired) electrons. The average Bonchev–Trinajstić information content (AvgIpc) is 3.58. The van der Waals surface area contributed by atoms with Crippen molar-refractivity contribution >= 4 is 29.0 Å². The monoisotopic (exact) mass is 631 g/mol. The van der Waals surface area contributed by atoms with Crippen LogP contribution in [0, 0.1) is 5.41 Å². The molecule has 242 valence electrons. The number of anilines is 4. The molecule has 10 nitrogen and oxygen atoms in total. The van der Waals surface area contributed by atoms with E-state index in [1.165, 1.54) is 7.11 Å². The Morgan fingerprint density at radius 2 is 1.84 bits per heavy atom. The predicted octanol–water partition coefficient (Wildman–Crippen LogP) is 5.20. The molecule has 0 spiro atoms. The highest BCUT2D eigenvalue weighted by atomic mass is 19.4. The minimum atomic E-state index is -4.54. The topological polar surface area (TPSA) is 99.1 Å². The second-order valence-electron chi connectivity index (χ2n) is 11.6. The Labute approximate surface area is 250 Å². The van der Waals surface area contributed by atoms with Gasteiger partial charge in [-0.15, -0.1) is 0 Å². The van der Waals surface area contributed by atoms with Gasteiger partial charge in [0.25, 0.3) is 6.02 Å². The molecule has 2 aromatic rings. The molecular formula is C28H35F6N7O3. The minimum Gasteiger partial charge on any atom is -0.494 e. The quantitative estimate of drug-likeness (QED) is 0.243. The van der Waals surface area contributed by atoms with Gasteiger partial charge >= 0.3 is 12.4 Å². The van der Waals surface area contributed by atoms with Crippen molar-refractivity contribution in [3.05, 3.63) is 29.6 Å². The van der Waals surface area contributed by atoms with Crippen LogP contribution in [0.25, 0.3) is 0 Å². The van der Waals surface area contributed by atoms with E-state index in [1.54, 1.807) is 0 Å². The van der Waals surface area contributed by atoms with Crippen molar-refractivity contribution in [1.82, 2.24) is 14.9 Å². The number of morpholine rings is 1. The van der Waals surface area contributed by atoms with Crippen LogP contribution in [0.5, 0.6) is 5.75 Å². The van der Waals surface area contributed by atoms with Crippen LogP contribution in [0.15, 0.2) is 18.2 Å². The summed E-state index contributed by atoms with van der Waals surface area (Å²) < 4.78 is 96.8. The van der Waals surface area contributed by atoms with Crippen molar-refractivity contribution in [3.8, 4) is 5.75 Å². The molecule has 1 atom stereocenters. The molecule has 0 bridgehead atoms. The van der Waals surface area contributed by atoms with Gasteiger partial charge < -0.3 is 34.2 Å². The molecular weight excluding hydrogens is 596 g/mol. The Morgan fingerprint density at radius 1 is 1.11 bits per heavy atom. The molecule has 4 heterocycles. The highest BCUT2D eigenvalue weighted by molar-refractivity contribution is 5.79. The van der Waals surface area contributed by atoms with E-state index in [9.17, 15) is 26.3 Å². The van der Waals surface area contributed by atoms with Gasteiger partial charge in [0.15, 0.2) is 12.4 Å². The zero-order chi connectivity index (χ0) is 31.9. The molecule has 3 aliphatic rings. The zero-order valence-corrected chi connectivity index (χ0v) is 24.6. The number of halogens is 6. The first-order chi connectivity index (χ1) is 20.7. The number of nitrogens with zero attached hydrogens (tertiary/aromatic N) is 5. The van der Waals surface area contributed by atoms with E-state index >= 15 is 0 Å². The van der Waals surface area contributed by atoms with Crippen molar-refractivity contribution in [1.29, 1.82) is 5.41 Å². The molecule has 44 heavy (non-hydrogen) atoms. The molecule has 3 aliphatic heterocycles. The van der Waals surface area contributed by atoms with Crippen molar-refractivity contribution in [2.75, 3.05) is 68.2 Å². The van der Waals surface area contributed by atoms with Crippen LogP contribution in [0.3, 0.4) is 0 Å². The fraction of sp³-hybridized carbons (Fsp3) is 0.607. The number of ether oxygens (including phenoxy) is 3. The minimum absolute atomic E-state index is 0.00530. The molecule has 0 amide bonds. The Balaban J connectivity index is 1.48. The average molecular weight is 632 g/mol. The predicted molar refractivity (Wildman–Crippen MR) is 151 cm³/mol. The SMILES string of the molecule is COc1cc(N2CCOCC2)ccc1N1CC(C)(C)c2c(NCC(F)(F)F)nc(COC(=N)N3CCC[C@@H]3C(F)(F)F)nc21. The number of fused-ring (bicyclic) bond motifs is 1. The lowest BCUT2D eigenvalue weighted by atomic mass is 9.88. The van der Waals surface area contributed by atoms with Gasteiger partial charge in [-0.05, 0) is 25.0 Å². The van der Waals surface area contributed by atoms with Crippen LogP contribution >= 0.6 is 0 Å². The first kappa shape index (κ1) is 31.7. The van der Waals surface area contributed by atoms with E-state index in [-0.39, 0.29) is 31.0 Å². The third-order valence-corrected chi connectivity index (χ3v) is 7.94. The second kappa shape index (κ2) is 12.0. The maximum absolute atomic E-state index is 13.4. The van der Waals surface area contributed by atoms with Gasteiger partial charge in [-0.2, -0.15) is 26.3 Å². The third-order valence-electron chi connectivity index (χ3n) is 7.94. The Hall–Kier alpha value is -3.69. The molecule has 0 aliphatic carbocycles. The summed E-state index contributed by atoms with van der Waals surface area (Å²) in [5.74, 6) is 0.676. The molecule has 0 unspecified atom stereocenters. The number of rotatable bonds is 7. The molecule has 5 rings (SSSR count). The van der Waals surface area contributed by atoms with Crippen LogP contribution in [0.4, 0.5) is 49.4 Å². The van der Waals surface area contributed by atoms with E-state index in [0.29, 0.717) is 55.7 Å². The second-order valence-corrected chi connectivity index (χ2v) is 11.6. The molecule has 2 saturated heterocycles. The summed E-state index contributed by atoms with van der Waals surface area (Å²) in [5, 5.41) is 10.5. The first-order valence-corrected chi connectivity index (χ1v) is 14.2. The van der Waals surface area contributed by atoms with Crippen molar-refractivity contribution in [3.63, 3.8) is 0 Å². The van der Waals surface area contributed by atoms with Gasteiger partial charge in [0.05, 0.1) is 26.0 Å². The van der Waals surface area contributed by atoms with Crippen LogP contribution < -0.4 is 19.9 Å². The molecule has 2 N–H and O–H groups in total. The van der Waals surface area contributed by atoms with E-state index in [1.807, 2.05) is 36.9 Å². The Bertz CT molecular complexity index is 1360. The number of methoxy groups -OCH3 is 1. The summed E-state index contributed by atoms with van der Waals surface area (Å²) in [6.07, 6.45) is -8.99. The van der Waals surface area contributed by atoms with E-state index in [2.05, 4.69) is 20.2 Å². The van der Waals surface area contributed by atoms with E-state index in [4.69, 9.17) is 19.6 Å². The summed E-state index contributed by atoms with van der Waals surface area (Å²) in [4.78, 5) is 13.7. The van der Waals surface area contributed by atoms with Gasteiger partial charge in [-0.3, -0.25) is 5.41 Å². The van der Waals surface area contributed by atoms with Gasteiger partial charge in [-0.1, -0.05) is 13.8 Å². The molecule has 1 aromatic carbocycles. The largest absolute Gasteiger partial charge is 0.494 e. The van der Waals surface area contributed by atoms with Crippen molar-refractivity contribution in [2.45, 2.75) is 57.1 Å². The molecule has 1 aromatic heterocycles. The van der Waals surface area contributed by atoms with Crippen molar-refractivity contribution in [2.24, 2.45) is 0 Å². The first-order valence-electron chi connectivity index (χ1n) is 14.2. The fourth-order valence-electron chi connectivity index (χ4n) is 5.91. The zero-order valence-electron chi connectivity index (χ0n) is 24.6. The standard InChI is InChI=1S/C28H35F6N7O3/c1-26(2)16-41(18-7-6-17(13-19(18)42-3)39-9-11-43-12-10-39)24-22(26)23(36-15-27(29,30)31)37-21(38-24)14-44-25(35)40-8-4-5-20(40)28(32,33)34/h6-7,13,20,35H,4-5,8-12,14-16H2,1-3H3,(H,36,37,38)/t20-/m1/s1. The summed E-state index contributed by atoms with van der Waals surface area (Å²) >= 11 is 0. The summed E-state index contributed by atoms with van der Waals surface area (Å²) in [6, 6.07) is 3.13. The number of aromatic nitrogens is 2. The maximum Gasteiger partial charge on any atom is 0.408 e. The van der Waals surface area contributed by atoms with Gasteiger partial charge in [0.1, 0.15) is 30.0 Å².